The summed E-state index contributed by atoms with van der Waals surface area (Å²) in [6.45, 7) is 0.568. The third-order valence-corrected chi connectivity index (χ3v) is 5.95. The summed E-state index contributed by atoms with van der Waals surface area (Å²) in [7, 11) is -2.19. The van der Waals surface area contributed by atoms with Gasteiger partial charge in [0.2, 0.25) is 10.0 Å². The first-order valence-corrected chi connectivity index (χ1v) is 8.76. The number of aromatic nitrogens is 2. The van der Waals surface area contributed by atoms with Gasteiger partial charge in [0.15, 0.2) is 0 Å². The van der Waals surface area contributed by atoms with Gasteiger partial charge in [-0.05, 0) is 31.0 Å². The minimum Gasteiger partial charge on any atom is -0.276 e. The van der Waals surface area contributed by atoms with E-state index in [0.29, 0.717) is 19.0 Å². The predicted octanol–water partition coefficient (Wildman–Crippen LogP) is 2.27. The van der Waals surface area contributed by atoms with Crippen LogP contribution < -0.4 is 0 Å². The molecule has 0 aliphatic carbocycles. The molecular weight excluding hydrogens is 324 g/mol. The van der Waals surface area contributed by atoms with Gasteiger partial charge in [-0.15, -0.1) is 0 Å². The van der Waals surface area contributed by atoms with E-state index in [4.69, 9.17) is 0 Å². The van der Waals surface area contributed by atoms with Crippen LogP contribution in [0.15, 0.2) is 35.4 Å². The molecule has 0 bridgehead atoms. The molecule has 0 N–H and O–H groups in total. The highest BCUT2D eigenvalue weighted by Crippen LogP contribution is 2.30. The van der Waals surface area contributed by atoms with Gasteiger partial charge < -0.3 is 0 Å². The number of aryl methyl sites for hydroxylation is 1. The first kappa shape index (κ1) is 16.1. The van der Waals surface area contributed by atoms with Crippen molar-refractivity contribution in [2.24, 2.45) is 7.05 Å². The lowest BCUT2D eigenvalue weighted by molar-refractivity contribution is 0.310. The maximum atomic E-state index is 13.9. The van der Waals surface area contributed by atoms with Crippen molar-refractivity contribution >= 4 is 10.0 Å². The Bertz CT molecular complexity index is 820. The number of benzene rings is 1. The Morgan fingerprint density at radius 3 is 2.70 bits per heavy atom. The van der Waals surface area contributed by atoms with Crippen LogP contribution in [0.4, 0.5) is 8.78 Å². The Morgan fingerprint density at radius 1 is 1.26 bits per heavy atom. The highest BCUT2D eigenvalue weighted by atomic mass is 32.2. The summed E-state index contributed by atoms with van der Waals surface area (Å²) in [5, 5.41) is 4.32. The van der Waals surface area contributed by atoms with Crippen LogP contribution in [0, 0.1) is 11.6 Å². The Morgan fingerprint density at radius 2 is 2.04 bits per heavy atom. The molecule has 2 aromatic rings. The number of piperidine rings is 1. The van der Waals surface area contributed by atoms with Crippen LogP contribution in [0.25, 0.3) is 0 Å². The van der Waals surface area contributed by atoms with Crippen molar-refractivity contribution in [1.82, 2.24) is 14.1 Å². The Labute approximate surface area is 133 Å². The second-order valence-corrected chi connectivity index (χ2v) is 7.60. The average Bonchev–Trinajstić information content (AvgIpc) is 2.93. The van der Waals surface area contributed by atoms with Gasteiger partial charge >= 0.3 is 0 Å². The zero-order valence-electron chi connectivity index (χ0n) is 12.6. The topological polar surface area (TPSA) is 55.2 Å². The zero-order chi connectivity index (χ0) is 16.6. The standard InChI is InChI=1S/C15H17F2N3O2S/c1-19-8-6-14(18-19)11-3-2-7-20(10-11)23(21,22)15-5-4-12(16)9-13(15)17/h4-6,8-9,11H,2-3,7,10H2,1H3. The Balaban J connectivity index is 1.87. The maximum Gasteiger partial charge on any atom is 0.246 e. The fourth-order valence-corrected chi connectivity index (χ4v) is 4.45. The third-order valence-electron chi connectivity index (χ3n) is 4.05. The molecule has 1 saturated heterocycles. The second-order valence-electron chi connectivity index (χ2n) is 5.69. The van der Waals surface area contributed by atoms with Crippen molar-refractivity contribution in [1.29, 1.82) is 0 Å². The molecule has 8 heteroatoms. The van der Waals surface area contributed by atoms with Crippen molar-refractivity contribution in [3.8, 4) is 0 Å². The second kappa shape index (κ2) is 6.01. The summed E-state index contributed by atoms with van der Waals surface area (Å²) in [5.74, 6) is -1.89. The molecule has 23 heavy (non-hydrogen) atoms. The Hall–Kier alpha value is -1.80. The van der Waals surface area contributed by atoms with Crippen molar-refractivity contribution < 1.29 is 17.2 Å². The lowest BCUT2D eigenvalue weighted by Gasteiger charge is -2.31. The monoisotopic (exact) mass is 341 g/mol. The molecular formula is C15H17F2N3O2S. The fourth-order valence-electron chi connectivity index (χ4n) is 2.88. The molecule has 1 aromatic heterocycles. The molecule has 3 rings (SSSR count). The van der Waals surface area contributed by atoms with Crippen LogP contribution in [0.5, 0.6) is 0 Å². The van der Waals surface area contributed by atoms with Gasteiger partial charge in [-0.3, -0.25) is 4.68 Å². The third kappa shape index (κ3) is 3.13. The number of sulfonamides is 1. The molecule has 1 atom stereocenters. The molecule has 5 nitrogen and oxygen atoms in total. The van der Waals surface area contributed by atoms with Crippen molar-refractivity contribution in [3.05, 3.63) is 47.8 Å². The van der Waals surface area contributed by atoms with Gasteiger partial charge in [-0.1, -0.05) is 0 Å². The molecule has 0 amide bonds. The smallest absolute Gasteiger partial charge is 0.246 e. The van der Waals surface area contributed by atoms with E-state index < -0.39 is 26.6 Å². The van der Waals surface area contributed by atoms with Gasteiger partial charge in [-0.2, -0.15) is 9.40 Å². The number of halogens is 2. The van der Waals surface area contributed by atoms with E-state index in [9.17, 15) is 17.2 Å². The number of rotatable bonds is 3. The number of hydrogen-bond donors (Lipinski definition) is 0. The first-order valence-electron chi connectivity index (χ1n) is 7.32. The SMILES string of the molecule is Cn1ccc(C2CCCN(S(=O)(=O)c3ccc(F)cc3F)C2)n1. The minimum absolute atomic E-state index is 0.0248. The molecule has 1 fully saturated rings. The van der Waals surface area contributed by atoms with Crippen LogP contribution in [0.2, 0.25) is 0 Å². The predicted molar refractivity (Wildman–Crippen MR) is 80.3 cm³/mol. The van der Waals surface area contributed by atoms with Crippen LogP contribution in [0.3, 0.4) is 0 Å². The van der Waals surface area contributed by atoms with Gasteiger partial charge in [0, 0.05) is 38.3 Å². The zero-order valence-corrected chi connectivity index (χ0v) is 13.4. The summed E-state index contributed by atoms with van der Waals surface area (Å²) in [6.07, 6.45) is 3.31. The van der Waals surface area contributed by atoms with Gasteiger partial charge in [0.1, 0.15) is 16.5 Å². The fraction of sp³-hybridized carbons (Fsp3) is 0.400. The molecule has 1 aromatic carbocycles. The van der Waals surface area contributed by atoms with Crippen molar-refractivity contribution in [2.75, 3.05) is 13.1 Å². The quantitative estimate of drug-likeness (QED) is 0.860. The first-order chi connectivity index (χ1) is 10.9. The summed E-state index contributed by atoms with van der Waals surface area (Å²) in [6, 6.07) is 4.38. The van der Waals surface area contributed by atoms with E-state index >= 15 is 0 Å². The molecule has 124 valence electrons. The number of hydrogen-bond acceptors (Lipinski definition) is 3. The molecule has 1 unspecified atom stereocenters. The van der Waals surface area contributed by atoms with Crippen LogP contribution >= 0.6 is 0 Å². The van der Waals surface area contributed by atoms with Gasteiger partial charge in [0.05, 0.1) is 5.69 Å². The van der Waals surface area contributed by atoms with Crippen molar-refractivity contribution in [3.63, 3.8) is 0 Å². The van der Waals surface area contributed by atoms with E-state index in [-0.39, 0.29) is 12.5 Å². The van der Waals surface area contributed by atoms with E-state index in [1.165, 1.54) is 4.31 Å². The number of nitrogens with zero attached hydrogens (tertiary/aromatic N) is 3. The summed E-state index contributed by atoms with van der Waals surface area (Å²) in [5.41, 5.74) is 0.826. The van der Waals surface area contributed by atoms with E-state index in [1.54, 1.807) is 11.7 Å². The van der Waals surface area contributed by atoms with Crippen LogP contribution in [-0.2, 0) is 17.1 Å². The van der Waals surface area contributed by atoms with E-state index in [0.717, 1.165) is 24.2 Å². The van der Waals surface area contributed by atoms with Crippen LogP contribution in [-0.4, -0.2) is 35.6 Å². The van der Waals surface area contributed by atoms with Crippen molar-refractivity contribution in [2.45, 2.75) is 23.7 Å². The minimum atomic E-state index is -3.99. The van der Waals surface area contributed by atoms with Gasteiger partial charge in [-0.25, -0.2) is 17.2 Å². The lowest BCUT2D eigenvalue weighted by Crippen LogP contribution is -2.39. The summed E-state index contributed by atoms with van der Waals surface area (Å²) in [4.78, 5) is -0.486. The summed E-state index contributed by atoms with van der Waals surface area (Å²) >= 11 is 0. The normalized spacial score (nSPS) is 19.9. The van der Waals surface area contributed by atoms with E-state index in [1.807, 2.05) is 12.3 Å². The van der Waals surface area contributed by atoms with Crippen LogP contribution in [0.1, 0.15) is 24.5 Å². The largest absolute Gasteiger partial charge is 0.276 e. The molecule has 2 heterocycles. The average molecular weight is 341 g/mol. The maximum absolute atomic E-state index is 13.9. The van der Waals surface area contributed by atoms with E-state index in [2.05, 4.69) is 5.10 Å². The molecule has 1 aliphatic heterocycles. The molecule has 0 radical (unpaired) electrons. The molecule has 0 spiro atoms. The van der Waals surface area contributed by atoms with Gasteiger partial charge in [0.25, 0.3) is 0 Å². The highest BCUT2D eigenvalue weighted by molar-refractivity contribution is 7.89. The Kier molecular flexibility index (Phi) is 4.20. The summed E-state index contributed by atoms with van der Waals surface area (Å²) < 4.78 is 55.1. The highest BCUT2D eigenvalue weighted by Gasteiger charge is 2.33. The lowest BCUT2D eigenvalue weighted by atomic mass is 9.96. The molecule has 1 aliphatic rings. The molecule has 0 saturated carbocycles.